The lowest BCUT2D eigenvalue weighted by atomic mass is 9.76. The van der Waals surface area contributed by atoms with Gasteiger partial charge in [-0.1, -0.05) is 44.2 Å². The van der Waals surface area contributed by atoms with E-state index in [-0.39, 0.29) is 17.2 Å². The third-order valence-electron chi connectivity index (χ3n) is 3.75. The molecule has 1 N–H and O–H groups in total. The summed E-state index contributed by atoms with van der Waals surface area (Å²) >= 11 is 0. The Labute approximate surface area is 117 Å². The third kappa shape index (κ3) is 4.96. The lowest BCUT2D eigenvalue weighted by Crippen LogP contribution is -2.43. The molecular formula is C15H25NO2S. The lowest BCUT2D eigenvalue weighted by Gasteiger charge is -2.35. The summed E-state index contributed by atoms with van der Waals surface area (Å²) in [7, 11) is -0.926. The van der Waals surface area contributed by atoms with Crippen molar-refractivity contribution in [2.24, 2.45) is 0 Å². The van der Waals surface area contributed by atoms with Gasteiger partial charge in [-0.05, 0) is 25.5 Å². The number of benzene rings is 1. The van der Waals surface area contributed by atoms with Crippen molar-refractivity contribution in [2.45, 2.75) is 38.1 Å². The fraction of sp³-hybridized carbons (Fsp3) is 0.600. The second kappa shape index (κ2) is 6.53. The fourth-order valence-corrected chi connectivity index (χ4v) is 3.18. The molecule has 4 heteroatoms. The largest absolute Gasteiger partial charge is 0.316 e. The summed E-state index contributed by atoms with van der Waals surface area (Å²) in [5.41, 5.74) is 1.25. The van der Waals surface area contributed by atoms with E-state index in [9.17, 15) is 8.42 Å². The molecule has 0 amide bonds. The van der Waals surface area contributed by atoms with Gasteiger partial charge < -0.3 is 5.32 Å². The zero-order valence-corrected chi connectivity index (χ0v) is 13.1. The topological polar surface area (TPSA) is 46.2 Å². The van der Waals surface area contributed by atoms with Gasteiger partial charge in [0.1, 0.15) is 9.84 Å². The summed E-state index contributed by atoms with van der Waals surface area (Å²) in [6.45, 7) is 4.40. The van der Waals surface area contributed by atoms with Crippen molar-refractivity contribution in [2.75, 3.05) is 19.1 Å². The van der Waals surface area contributed by atoms with Gasteiger partial charge in [-0.25, -0.2) is 8.42 Å². The molecule has 0 heterocycles. The first-order valence-electron chi connectivity index (χ1n) is 6.68. The maximum absolute atomic E-state index is 11.2. The van der Waals surface area contributed by atoms with Gasteiger partial charge in [-0.3, -0.25) is 0 Å². The molecule has 0 aliphatic rings. The highest BCUT2D eigenvalue weighted by molar-refractivity contribution is 7.90. The highest BCUT2D eigenvalue weighted by atomic mass is 32.2. The minimum absolute atomic E-state index is 0.0203. The van der Waals surface area contributed by atoms with Crippen molar-refractivity contribution in [1.82, 2.24) is 5.32 Å². The van der Waals surface area contributed by atoms with Crippen LogP contribution in [0.2, 0.25) is 0 Å². The van der Waals surface area contributed by atoms with E-state index in [1.54, 1.807) is 0 Å². The van der Waals surface area contributed by atoms with E-state index in [4.69, 9.17) is 0 Å². The molecule has 0 fully saturated rings. The van der Waals surface area contributed by atoms with Gasteiger partial charge in [0.25, 0.3) is 0 Å². The summed E-state index contributed by atoms with van der Waals surface area (Å²) < 4.78 is 22.4. The van der Waals surface area contributed by atoms with Crippen LogP contribution in [0.4, 0.5) is 0 Å². The Balaban J connectivity index is 2.73. The molecule has 0 saturated heterocycles. The minimum Gasteiger partial charge on any atom is -0.316 e. The maximum Gasteiger partial charge on any atom is 0.147 e. The van der Waals surface area contributed by atoms with E-state index in [2.05, 4.69) is 31.3 Å². The monoisotopic (exact) mass is 283 g/mol. The maximum atomic E-state index is 11.2. The molecule has 0 saturated carbocycles. The molecule has 0 aromatic heterocycles. The highest BCUT2D eigenvalue weighted by Gasteiger charge is 2.29. The molecule has 0 aliphatic heterocycles. The first kappa shape index (κ1) is 16.2. The van der Waals surface area contributed by atoms with Crippen LogP contribution in [0, 0.1) is 0 Å². The van der Waals surface area contributed by atoms with Gasteiger partial charge >= 0.3 is 0 Å². The number of likely N-dealkylation sites (N-methyl/N-ethyl adjacent to an activating group) is 1. The summed E-state index contributed by atoms with van der Waals surface area (Å²) in [5, 5.41) is 3.33. The minimum atomic E-state index is -2.87. The highest BCUT2D eigenvalue weighted by Crippen LogP contribution is 2.29. The molecule has 0 bridgehead atoms. The molecule has 1 aromatic rings. The van der Waals surface area contributed by atoms with Gasteiger partial charge in [0.15, 0.2) is 0 Å². The van der Waals surface area contributed by atoms with Gasteiger partial charge in [-0.2, -0.15) is 0 Å². The van der Waals surface area contributed by atoms with E-state index in [0.717, 1.165) is 6.42 Å². The molecule has 19 heavy (non-hydrogen) atoms. The quantitative estimate of drug-likeness (QED) is 0.835. The first-order valence-corrected chi connectivity index (χ1v) is 8.74. The Bertz CT molecular complexity index is 480. The lowest BCUT2D eigenvalue weighted by molar-refractivity contribution is 0.338. The molecule has 1 unspecified atom stereocenters. The van der Waals surface area contributed by atoms with Crippen LogP contribution >= 0.6 is 0 Å². The SMILES string of the molecule is CNC(CCCS(C)(=O)=O)C(C)(C)c1ccccc1. The molecule has 0 aliphatic carbocycles. The predicted molar refractivity (Wildman–Crippen MR) is 81.3 cm³/mol. The van der Waals surface area contributed by atoms with Crippen LogP contribution in [0.5, 0.6) is 0 Å². The number of hydrogen-bond donors (Lipinski definition) is 1. The summed E-state index contributed by atoms with van der Waals surface area (Å²) in [4.78, 5) is 0. The van der Waals surface area contributed by atoms with Gasteiger partial charge in [0, 0.05) is 23.5 Å². The van der Waals surface area contributed by atoms with Crippen LogP contribution in [-0.2, 0) is 15.3 Å². The number of nitrogens with one attached hydrogen (secondary N) is 1. The average molecular weight is 283 g/mol. The van der Waals surface area contributed by atoms with Crippen molar-refractivity contribution in [3.05, 3.63) is 35.9 Å². The molecule has 108 valence electrons. The summed E-state index contributed by atoms with van der Waals surface area (Å²) in [5.74, 6) is 0.260. The van der Waals surface area contributed by atoms with Crippen LogP contribution in [-0.4, -0.2) is 33.5 Å². The van der Waals surface area contributed by atoms with E-state index < -0.39 is 9.84 Å². The molecule has 0 radical (unpaired) electrons. The Kier molecular flexibility index (Phi) is 5.56. The first-order chi connectivity index (χ1) is 8.77. The Morgan fingerprint density at radius 2 is 1.79 bits per heavy atom. The number of sulfone groups is 1. The van der Waals surface area contributed by atoms with Crippen LogP contribution in [0.3, 0.4) is 0 Å². The van der Waals surface area contributed by atoms with Crippen LogP contribution in [0.15, 0.2) is 30.3 Å². The molecule has 3 nitrogen and oxygen atoms in total. The zero-order valence-electron chi connectivity index (χ0n) is 12.3. The molecule has 0 spiro atoms. The van der Waals surface area contributed by atoms with Crippen LogP contribution in [0.25, 0.3) is 0 Å². The van der Waals surface area contributed by atoms with Crippen LogP contribution in [0.1, 0.15) is 32.3 Å². The van der Waals surface area contributed by atoms with Crippen molar-refractivity contribution in [3.63, 3.8) is 0 Å². The smallest absolute Gasteiger partial charge is 0.147 e. The zero-order chi connectivity index (χ0) is 14.5. The van der Waals surface area contributed by atoms with E-state index in [1.807, 2.05) is 25.2 Å². The van der Waals surface area contributed by atoms with Gasteiger partial charge in [0.2, 0.25) is 0 Å². The van der Waals surface area contributed by atoms with E-state index in [0.29, 0.717) is 6.42 Å². The third-order valence-corrected chi connectivity index (χ3v) is 4.78. The normalized spacial score (nSPS) is 14.3. The van der Waals surface area contributed by atoms with Gasteiger partial charge in [0.05, 0.1) is 0 Å². The summed E-state index contributed by atoms with van der Waals surface area (Å²) in [6, 6.07) is 10.6. The predicted octanol–water partition coefficient (Wildman–Crippen LogP) is 2.38. The van der Waals surface area contributed by atoms with E-state index in [1.165, 1.54) is 11.8 Å². The second-order valence-electron chi connectivity index (χ2n) is 5.70. The second-order valence-corrected chi connectivity index (χ2v) is 7.96. The molecule has 1 atom stereocenters. The Morgan fingerprint density at radius 1 is 1.21 bits per heavy atom. The van der Waals surface area contributed by atoms with Crippen molar-refractivity contribution in [1.29, 1.82) is 0 Å². The summed E-state index contributed by atoms with van der Waals surface area (Å²) in [6.07, 6.45) is 2.84. The van der Waals surface area contributed by atoms with Gasteiger partial charge in [-0.15, -0.1) is 0 Å². The van der Waals surface area contributed by atoms with Crippen molar-refractivity contribution >= 4 is 9.84 Å². The van der Waals surface area contributed by atoms with E-state index >= 15 is 0 Å². The Morgan fingerprint density at radius 3 is 2.26 bits per heavy atom. The average Bonchev–Trinajstić information content (AvgIpc) is 2.34. The molecule has 1 aromatic carbocycles. The number of hydrogen-bond acceptors (Lipinski definition) is 3. The molecule has 1 rings (SSSR count). The van der Waals surface area contributed by atoms with Crippen LogP contribution < -0.4 is 5.32 Å². The van der Waals surface area contributed by atoms with Crippen molar-refractivity contribution < 1.29 is 8.42 Å². The molecular weight excluding hydrogens is 258 g/mol. The van der Waals surface area contributed by atoms with Crippen molar-refractivity contribution in [3.8, 4) is 0 Å². The standard InChI is InChI=1S/C15H25NO2S/c1-15(2,13-9-6-5-7-10-13)14(16-3)11-8-12-19(4,17)18/h5-7,9-10,14,16H,8,11-12H2,1-4H3. The Hall–Kier alpha value is -0.870. The fourth-order valence-electron chi connectivity index (χ4n) is 2.48. The number of rotatable bonds is 7.